The molecular weight excluding hydrogens is 346 g/mol. The van der Waals surface area contributed by atoms with Gasteiger partial charge in [-0.3, -0.25) is 10.0 Å². The van der Waals surface area contributed by atoms with Gasteiger partial charge in [0.05, 0.1) is 13.2 Å². The predicted molar refractivity (Wildman–Crippen MR) is 98.4 cm³/mol. The van der Waals surface area contributed by atoms with Crippen LogP contribution in [-0.2, 0) is 9.53 Å². The Morgan fingerprint density at radius 3 is 2.04 bits per heavy atom. The second kappa shape index (κ2) is 10.8. The lowest BCUT2D eigenvalue weighted by Crippen LogP contribution is -2.38. The Bertz CT molecular complexity index is 857. The number of nitrogens with one attached hydrogen (secondary N) is 1. The summed E-state index contributed by atoms with van der Waals surface area (Å²) in [5, 5.41) is 27.3. The molecule has 2 rings (SSSR count). The zero-order valence-corrected chi connectivity index (χ0v) is 14.4. The number of hydrogen-bond donors (Lipinski definition) is 4. The molecule has 0 saturated heterocycles. The molecule has 0 bridgehead atoms. The fourth-order valence-corrected chi connectivity index (χ4v) is 2.19. The molecule has 6 nitrogen and oxygen atoms in total. The van der Waals surface area contributed by atoms with E-state index >= 15 is 0 Å². The van der Waals surface area contributed by atoms with E-state index in [4.69, 9.17) is 15.1 Å². The minimum Gasteiger partial charge on any atom is -0.393 e. The maximum absolute atomic E-state index is 11.4. The van der Waals surface area contributed by atoms with Crippen molar-refractivity contribution in [1.82, 2.24) is 5.48 Å². The third kappa shape index (κ3) is 6.27. The van der Waals surface area contributed by atoms with Crippen LogP contribution in [0.3, 0.4) is 0 Å². The lowest BCUT2D eigenvalue weighted by Gasteiger charge is -2.21. The smallest absolute Gasteiger partial charge is 0.274 e. The molecule has 0 fully saturated rings. The normalized spacial score (nSPS) is 12.0. The number of benzene rings is 2. The molecule has 2 aromatic carbocycles. The summed E-state index contributed by atoms with van der Waals surface area (Å²) in [4.78, 5) is 11.4. The van der Waals surface area contributed by atoms with E-state index in [1.807, 2.05) is 30.3 Å². The van der Waals surface area contributed by atoms with Crippen molar-refractivity contribution < 1.29 is 25.0 Å². The number of carbonyl (C=O) groups excluding carboxylic acids is 1. The average Bonchev–Trinajstić information content (AvgIpc) is 2.73. The maximum atomic E-state index is 11.4. The van der Waals surface area contributed by atoms with Gasteiger partial charge in [0.1, 0.15) is 6.10 Å². The molecule has 0 spiro atoms. The van der Waals surface area contributed by atoms with Crippen molar-refractivity contribution in [3.63, 3.8) is 0 Å². The Kier molecular flexibility index (Phi) is 8.05. The number of aliphatic hydroxyl groups excluding tert-OH is 2. The predicted octanol–water partition coefficient (Wildman–Crippen LogP) is 1.01. The van der Waals surface area contributed by atoms with E-state index in [-0.39, 0.29) is 0 Å². The topological polar surface area (TPSA) is 99.0 Å². The largest absolute Gasteiger partial charge is 0.393 e. The summed E-state index contributed by atoms with van der Waals surface area (Å²) in [5.41, 5.74) is 3.62. The second-order valence-electron chi connectivity index (χ2n) is 5.44. The van der Waals surface area contributed by atoms with Gasteiger partial charge in [-0.05, 0) is 41.7 Å². The first-order chi connectivity index (χ1) is 13.2. The van der Waals surface area contributed by atoms with Crippen molar-refractivity contribution in [2.45, 2.75) is 12.2 Å². The Morgan fingerprint density at radius 1 is 0.926 bits per heavy atom. The number of carbonyl (C=O) groups is 1. The van der Waals surface area contributed by atoms with E-state index in [1.54, 1.807) is 24.3 Å². The molecule has 0 aliphatic rings. The molecule has 0 saturated carbocycles. The number of rotatable bonds is 6. The summed E-state index contributed by atoms with van der Waals surface area (Å²) in [6.45, 7) is -1.03. The molecule has 27 heavy (non-hydrogen) atoms. The fraction of sp³-hybridized carbons (Fsp3) is 0.190. The Hall–Kier alpha value is -3.13. The highest BCUT2D eigenvalue weighted by molar-refractivity contribution is 5.79. The number of amides is 1. The number of hydroxylamine groups is 1. The second-order valence-corrected chi connectivity index (χ2v) is 5.44. The lowest BCUT2D eigenvalue weighted by molar-refractivity contribution is -0.150. The number of aliphatic hydroxyl groups is 2. The molecular formula is C21H19NO5. The quantitative estimate of drug-likeness (QED) is 0.348. The zero-order valence-electron chi connectivity index (χ0n) is 14.4. The van der Waals surface area contributed by atoms with E-state index in [1.165, 1.54) is 5.48 Å². The van der Waals surface area contributed by atoms with Crippen LogP contribution < -0.4 is 5.48 Å². The highest BCUT2D eigenvalue weighted by atomic mass is 16.5. The van der Waals surface area contributed by atoms with Gasteiger partial charge in [0.15, 0.2) is 6.10 Å². The summed E-state index contributed by atoms with van der Waals surface area (Å²) < 4.78 is 5.34. The Labute approximate surface area is 157 Å². The molecule has 0 unspecified atom stereocenters. The van der Waals surface area contributed by atoms with E-state index in [0.29, 0.717) is 5.56 Å². The van der Waals surface area contributed by atoms with Crippen molar-refractivity contribution in [1.29, 1.82) is 0 Å². The monoisotopic (exact) mass is 365 g/mol. The van der Waals surface area contributed by atoms with Crippen molar-refractivity contribution in [2.24, 2.45) is 0 Å². The summed E-state index contributed by atoms with van der Waals surface area (Å²) in [6.07, 6.45) is -2.13. The SMILES string of the molecule is O=C(NO)[C@H](CO)O[C@H](CO)c1ccc(C#CC#Cc2ccccc2)cc1. The first kappa shape index (κ1) is 20.2. The molecule has 6 heteroatoms. The van der Waals surface area contributed by atoms with E-state index in [9.17, 15) is 9.90 Å². The van der Waals surface area contributed by atoms with Gasteiger partial charge in [0, 0.05) is 11.1 Å². The van der Waals surface area contributed by atoms with E-state index in [2.05, 4.69) is 23.7 Å². The van der Waals surface area contributed by atoms with Crippen LogP contribution in [0.2, 0.25) is 0 Å². The van der Waals surface area contributed by atoms with Gasteiger partial charge in [-0.15, -0.1) is 0 Å². The standard InChI is InChI=1S/C21H19NO5/c23-14-19(27-20(15-24)21(25)22-26)18-12-10-17(11-13-18)9-5-4-8-16-6-2-1-3-7-16/h1-3,6-7,10-13,19-20,23-24,26H,14-15H2,(H,22,25)/t19-,20+/m1/s1. The van der Waals surface area contributed by atoms with Gasteiger partial charge in [-0.2, -0.15) is 0 Å². The van der Waals surface area contributed by atoms with Crippen LogP contribution in [0.5, 0.6) is 0 Å². The molecule has 0 aliphatic heterocycles. The third-order valence-electron chi connectivity index (χ3n) is 3.60. The molecule has 0 radical (unpaired) electrons. The molecule has 0 heterocycles. The summed E-state index contributed by atoms with van der Waals surface area (Å²) in [5.74, 6) is 10.5. The van der Waals surface area contributed by atoms with Crippen LogP contribution in [0.1, 0.15) is 22.8 Å². The highest BCUT2D eigenvalue weighted by Gasteiger charge is 2.23. The number of ether oxygens (including phenoxy) is 1. The van der Waals surface area contributed by atoms with Gasteiger partial charge < -0.3 is 14.9 Å². The summed E-state index contributed by atoms with van der Waals surface area (Å²) in [6, 6.07) is 16.4. The summed E-state index contributed by atoms with van der Waals surface area (Å²) >= 11 is 0. The van der Waals surface area contributed by atoms with Gasteiger partial charge in [-0.1, -0.05) is 42.2 Å². The number of hydrogen-bond acceptors (Lipinski definition) is 5. The van der Waals surface area contributed by atoms with E-state index < -0.39 is 31.3 Å². The average molecular weight is 365 g/mol. The van der Waals surface area contributed by atoms with Crippen molar-refractivity contribution in [3.8, 4) is 23.7 Å². The zero-order chi connectivity index (χ0) is 19.5. The van der Waals surface area contributed by atoms with Crippen LogP contribution in [0.15, 0.2) is 54.6 Å². The van der Waals surface area contributed by atoms with Crippen LogP contribution in [0.4, 0.5) is 0 Å². The van der Waals surface area contributed by atoms with Crippen LogP contribution >= 0.6 is 0 Å². The fourth-order valence-electron chi connectivity index (χ4n) is 2.19. The molecule has 2 aromatic rings. The lowest BCUT2D eigenvalue weighted by atomic mass is 10.1. The first-order valence-electron chi connectivity index (χ1n) is 8.16. The molecule has 1 amide bonds. The third-order valence-corrected chi connectivity index (χ3v) is 3.60. The van der Waals surface area contributed by atoms with E-state index in [0.717, 1.165) is 11.1 Å². The summed E-state index contributed by atoms with van der Waals surface area (Å²) in [7, 11) is 0. The van der Waals surface area contributed by atoms with Gasteiger partial charge in [-0.25, -0.2) is 5.48 Å². The minimum atomic E-state index is -1.29. The molecule has 0 aromatic heterocycles. The Morgan fingerprint density at radius 2 is 1.52 bits per heavy atom. The Balaban J connectivity index is 2.04. The van der Waals surface area contributed by atoms with Crippen LogP contribution in [-0.4, -0.2) is 40.6 Å². The van der Waals surface area contributed by atoms with Crippen molar-refractivity contribution in [2.75, 3.05) is 13.2 Å². The van der Waals surface area contributed by atoms with Crippen LogP contribution in [0.25, 0.3) is 0 Å². The molecule has 2 atom stereocenters. The van der Waals surface area contributed by atoms with Gasteiger partial charge >= 0.3 is 0 Å². The van der Waals surface area contributed by atoms with Gasteiger partial charge in [0.25, 0.3) is 5.91 Å². The first-order valence-corrected chi connectivity index (χ1v) is 8.16. The minimum absolute atomic E-state index is 0.400. The van der Waals surface area contributed by atoms with Gasteiger partial charge in [0.2, 0.25) is 0 Å². The highest BCUT2D eigenvalue weighted by Crippen LogP contribution is 2.19. The molecule has 4 N–H and O–H groups in total. The molecule has 138 valence electrons. The van der Waals surface area contributed by atoms with Crippen LogP contribution in [0, 0.1) is 23.7 Å². The van der Waals surface area contributed by atoms with Crippen molar-refractivity contribution in [3.05, 3.63) is 71.3 Å². The maximum Gasteiger partial charge on any atom is 0.274 e. The molecule has 0 aliphatic carbocycles. The van der Waals surface area contributed by atoms with Crippen molar-refractivity contribution >= 4 is 5.91 Å².